The number of aromatic amines is 2. The van der Waals surface area contributed by atoms with E-state index in [0.29, 0.717) is 0 Å². The van der Waals surface area contributed by atoms with Gasteiger partial charge in [0.2, 0.25) is 11.8 Å². The van der Waals surface area contributed by atoms with E-state index >= 15 is 0 Å². The maximum absolute atomic E-state index is 3.68. The van der Waals surface area contributed by atoms with Gasteiger partial charge < -0.3 is 4.98 Å². The zero-order chi connectivity index (χ0) is 18.0. The summed E-state index contributed by atoms with van der Waals surface area (Å²) in [5.74, 6) is 0. The Balaban J connectivity index is 1.88. The summed E-state index contributed by atoms with van der Waals surface area (Å²) in [5.41, 5.74) is 8.33. The van der Waals surface area contributed by atoms with E-state index in [2.05, 4.69) is 100 Å². The number of fused-ring (bicyclic) bond motifs is 8. The van der Waals surface area contributed by atoms with Crippen LogP contribution in [0.1, 0.15) is 5.56 Å². The van der Waals surface area contributed by atoms with Crippen molar-refractivity contribution in [2.75, 3.05) is 0 Å². The van der Waals surface area contributed by atoms with Crippen LogP contribution < -0.4 is 4.40 Å². The van der Waals surface area contributed by atoms with E-state index in [1.807, 2.05) is 0 Å². The Kier molecular flexibility index (Phi) is 2.81. The number of para-hydroxylation sites is 2. The van der Waals surface area contributed by atoms with Gasteiger partial charge >= 0.3 is 0 Å². The highest BCUT2D eigenvalue weighted by molar-refractivity contribution is 6.22. The van der Waals surface area contributed by atoms with E-state index in [-0.39, 0.29) is 0 Å². The molecule has 0 saturated carbocycles. The van der Waals surface area contributed by atoms with Gasteiger partial charge in [-0.3, -0.25) is 0 Å². The average Bonchev–Trinajstić information content (AvgIpc) is 3.31. The number of benzene rings is 3. The molecule has 2 N–H and O–H groups in total. The van der Waals surface area contributed by atoms with Gasteiger partial charge in [-0.1, -0.05) is 60.2 Å². The van der Waals surface area contributed by atoms with Crippen LogP contribution in [0.3, 0.4) is 0 Å². The standard InChI is InChI=1S/C24H17N3/c1-15-10-12-16(13-11-15)22-24-23-21(17-6-2-4-8-19(17)26-23)18-7-3-5-9-20(18)27(24)14-25-22/h2-14,26H,1H3/p+1. The first-order valence-electron chi connectivity index (χ1n) is 9.22. The predicted molar refractivity (Wildman–Crippen MR) is 111 cm³/mol. The third-order valence-corrected chi connectivity index (χ3v) is 5.53. The first-order valence-corrected chi connectivity index (χ1v) is 9.22. The highest BCUT2D eigenvalue weighted by Gasteiger charge is 2.22. The molecular formula is C24H18N3+. The van der Waals surface area contributed by atoms with Gasteiger partial charge in [0.1, 0.15) is 5.52 Å². The van der Waals surface area contributed by atoms with Crippen LogP contribution in [-0.2, 0) is 0 Å². The predicted octanol–water partition coefficient (Wildman–Crippen LogP) is 5.52. The Bertz CT molecular complexity index is 1470. The molecule has 0 radical (unpaired) electrons. The van der Waals surface area contributed by atoms with Crippen LogP contribution >= 0.6 is 0 Å². The number of imidazole rings is 1. The molecule has 0 aliphatic heterocycles. The van der Waals surface area contributed by atoms with E-state index in [0.717, 1.165) is 5.69 Å². The molecule has 128 valence electrons. The summed E-state index contributed by atoms with van der Waals surface area (Å²) in [5, 5.41) is 3.81. The molecule has 0 aliphatic rings. The Hall–Kier alpha value is -3.59. The molecule has 0 atom stereocenters. The SMILES string of the molecule is Cc1ccc(-c2[nH]c[n+]3c4ccccc4c4c5ccccc5[nH]c4c23)cc1. The van der Waals surface area contributed by atoms with Crippen molar-refractivity contribution in [1.82, 2.24) is 9.97 Å². The Morgan fingerprint density at radius 3 is 2.37 bits per heavy atom. The van der Waals surface area contributed by atoms with Crippen molar-refractivity contribution in [1.29, 1.82) is 0 Å². The van der Waals surface area contributed by atoms with Crippen molar-refractivity contribution in [3.05, 3.63) is 84.7 Å². The number of aromatic nitrogens is 3. The summed E-state index contributed by atoms with van der Waals surface area (Å²) in [6.07, 6.45) is 2.07. The number of nitrogens with zero attached hydrogens (tertiary/aromatic N) is 1. The lowest BCUT2D eigenvalue weighted by Crippen LogP contribution is -2.19. The number of pyridine rings is 1. The molecule has 0 aliphatic carbocycles. The maximum atomic E-state index is 3.68. The molecule has 3 aromatic carbocycles. The van der Waals surface area contributed by atoms with Gasteiger partial charge in [-0.2, -0.15) is 4.40 Å². The highest BCUT2D eigenvalue weighted by atomic mass is 15.0. The molecule has 6 rings (SSSR count). The van der Waals surface area contributed by atoms with Crippen LogP contribution in [-0.4, -0.2) is 9.97 Å². The average molecular weight is 348 g/mol. The summed E-state index contributed by atoms with van der Waals surface area (Å²) in [7, 11) is 0. The van der Waals surface area contributed by atoms with Crippen LogP contribution in [0.5, 0.6) is 0 Å². The monoisotopic (exact) mass is 348 g/mol. The van der Waals surface area contributed by atoms with E-state index in [4.69, 9.17) is 0 Å². The van der Waals surface area contributed by atoms with E-state index < -0.39 is 0 Å². The van der Waals surface area contributed by atoms with Gasteiger partial charge in [-0.05, 0) is 25.1 Å². The molecule has 0 amide bonds. The smallest absolute Gasteiger partial charge is 0.247 e. The fraction of sp³-hybridized carbons (Fsp3) is 0.0417. The molecule has 0 bridgehead atoms. The van der Waals surface area contributed by atoms with Crippen molar-refractivity contribution in [3.63, 3.8) is 0 Å². The van der Waals surface area contributed by atoms with Crippen molar-refractivity contribution in [3.8, 4) is 11.3 Å². The normalized spacial score (nSPS) is 11.9. The summed E-state index contributed by atoms with van der Waals surface area (Å²) in [6, 6.07) is 25.9. The molecule has 0 saturated heterocycles. The zero-order valence-electron chi connectivity index (χ0n) is 15.0. The van der Waals surface area contributed by atoms with Crippen LogP contribution in [0, 0.1) is 6.92 Å². The van der Waals surface area contributed by atoms with Crippen molar-refractivity contribution in [2.45, 2.75) is 6.92 Å². The van der Waals surface area contributed by atoms with Gasteiger partial charge in [0, 0.05) is 27.2 Å². The largest absolute Gasteiger partial charge is 0.351 e. The number of hydrogen-bond acceptors (Lipinski definition) is 0. The first-order chi connectivity index (χ1) is 13.3. The minimum absolute atomic E-state index is 1.14. The van der Waals surface area contributed by atoms with Gasteiger partial charge in [0.05, 0.1) is 5.52 Å². The minimum Gasteiger partial charge on any atom is -0.351 e. The lowest BCUT2D eigenvalue weighted by molar-refractivity contribution is -0.479. The highest BCUT2D eigenvalue weighted by Crippen LogP contribution is 2.35. The molecule has 3 heterocycles. The molecule has 3 aromatic heterocycles. The third kappa shape index (κ3) is 1.94. The summed E-state index contributed by atoms with van der Waals surface area (Å²) < 4.78 is 2.27. The summed E-state index contributed by atoms with van der Waals surface area (Å²) in [6.45, 7) is 2.12. The van der Waals surface area contributed by atoms with E-state index in [9.17, 15) is 0 Å². The molecule has 3 nitrogen and oxygen atoms in total. The van der Waals surface area contributed by atoms with Crippen LogP contribution in [0.25, 0.3) is 49.5 Å². The lowest BCUT2D eigenvalue weighted by Gasteiger charge is -2.02. The van der Waals surface area contributed by atoms with Crippen molar-refractivity contribution >= 4 is 38.2 Å². The fourth-order valence-electron chi connectivity index (χ4n) is 4.25. The third-order valence-electron chi connectivity index (χ3n) is 5.53. The number of rotatable bonds is 1. The zero-order valence-corrected chi connectivity index (χ0v) is 15.0. The summed E-state index contributed by atoms with van der Waals surface area (Å²) >= 11 is 0. The van der Waals surface area contributed by atoms with E-state index in [1.165, 1.54) is 49.4 Å². The molecular weight excluding hydrogens is 330 g/mol. The van der Waals surface area contributed by atoms with Gasteiger partial charge in [0.25, 0.3) is 0 Å². The molecule has 27 heavy (non-hydrogen) atoms. The topological polar surface area (TPSA) is 35.7 Å². The van der Waals surface area contributed by atoms with Crippen molar-refractivity contribution < 1.29 is 4.40 Å². The molecule has 6 aromatic rings. The maximum Gasteiger partial charge on any atom is 0.247 e. The quantitative estimate of drug-likeness (QED) is 0.367. The van der Waals surface area contributed by atoms with E-state index in [1.54, 1.807) is 0 Å². The second-order valence-electron chi connectivity index (χ2n) is 7.17. The van der Waals surface area contributed by atoms with Gasteiger partial charge in [0.15, 0.2) is 5.69 Å². The number of nitrogens with one attached hydrogen (secondary N) is 2. The second-order valence-corrected chi connectivity index (χ2v) is 7.17. The Morgan fingerprint density at radius 2 is 1.52 bits per heavy atom. The van der Waals surface area contributed by atoms with Gasteiger partial charge in [-0.25, -0.2) is 4.98 Å². The molecule has 0 fully saturated rings. The van der Waals surface area contributed by atoms with Crippen LogP contribution in [0.2, 0.25) is 0 Å². The number of H-pyrrole nitrogens is 2. The molecule has 0 unspecified atom stereocenters. The minimum atomic E-state index is 1.14. The summed E-state index contributed by atoms with van der Waals surface area (Å²) in [4.78, 5) is 7.20. The molecule has 3 heteroatoms. The van der Waals surface area contributed by atoms with Crippen LogP contribution in [0.4, 0.5) is 0 Å². The number of aryl methyl sites for hydroxylation is 1. The lowest BCUT2D eigenvalue weighted by atomic mass is 10.0. The van der Waals surface area contributed by atoms with Crippen molar-refractivity contribution in [2.24, 2.45) is 0 Å². The second kappa shape index (κ2) is 5.21. The first kappa shape index (κ1) is 14.6. The Morgan fingerprint density at radius 1 is 0.778 bits per heavy atom. The van der Waals surface area contributed by atoms with Gasteiger partial charge in [-0.15, -0.1) is 0 Å². The molecule has 0 spiro atoms. The Labute approximate surface area is 155 Å². The fourth-order valence-corrected chi connectivity index (χ4v) is 4.25. The number of hydrogen-bond donors (Lipinski definition) is 2. The van der Waals surface area contributed by atoms with Crippen LogP contribution in [0.15, 0.2) is 79.1 Å².